The minimum absolute atomic E-state index is 0.0319. The number of carbonyl (C=O) groups is 1. The molecule has 2 heteroatoms. The largest absolute Gasteiger partial charge is 0.489 e. The van der Waals surface area contributed by atoms with Gasteiger partial charge >= 0.3 is 0 Å². The summed E-state index contributed by atoms with van der Waals surface area (Å²) >= 11 is 0. The lowest BCUT2D eigenvalue weighted by atomic mass is 10.1. The third-order valence-electron chi connectivity index (χ3n) is 3.84. The van der Waals surface area contributed by atoms with E-state index in [1.165, 1.54) is 5.56 Å². The Kier molecular flexibility index (Phi) is 6.16. The van der Waals surface area contributed by atoms with E-state index < -0.39 is 0 Å². The number of rotatable bonds is 3. The third kappa shape index (κ3) is 5.05. The van der Waals surface area contributed by atoms with E-state index in [9.17, 15) is 4.79 Å². The molecule has 1 aliphatic heterocycles. The first-order valence-electron chi connectivity index (χ1n) is 8.54. The van der Waals surface area contributed by atoms with E-state index in [-0.39, 0.29) is 5.78 Å². The number of benzene rings is 3. The summed E-state index contributed by atoms with van der Waals surface area (Å²) < 4.78 is 5.34. The summed E-state index contributed by atoms with van der Waals surface area (Å²) in [4.78, 5) is 11.7. The fourth-order valence-electron chi connectivity index (χ4n) is 2.50. The molecule has 0 bridgehead atoms. The summed E-state index contributed by atoms with van der Waals surface area (Å²) in [6.07, 6.45) is 7.53. The number of ketones is 1. The zero-order valence-electron chi connectivity index (χ0n) is 14.4. The molecule has 0 unspecified atom stereocenters. The van der Waals surface area contributed by atoms with Gasteiger partial charge in [0.05, 0.1) is 0 Å². The lowest BCUT2D eigenvalue weighted by molar-refractivity contribution is 0.104. The lowest BCUT2D eigenvalue weighted by Crippen LogP contribution is -1.98. The second-order valence-corrected chi connectivity index (χ2v) is 5.73. The third-order valence-corrected chi connectivity index (χ3v) is 3.84. The molecule has 0 aromatic heterocycles. The maximum Gasteiger partial charge on any atom is 0.185 e. The van der Waals surface area contributed by atoms with E-state index in [1.54, 1.807) is 6.08 Å². The van der Waals surface area contributed by atoms with Crippen LogP contribution in [0.3, 0.4) is 0 Å². The summed E-state index contributed by atoms with van der Waals surface area (Å²) in [6, 6.07) is 27.1. The predicted octanol–water partition coefficient (Wildman–Crippen LogP) is 5.67. The highest BCUT2D eigenvalue weighted by molar-refractivity contribution is 6.06. The average Bonchev–Trinajstić information content (AvgIpc) is 2.74. The molecule has 3 aromatic carbocycles. The van der Waals surface area contributed by atoms with Crippen LogP contribution in [0.1, 0.15) is 21.5 Å². The van der Waals surface area contributed by atoms with Crippen molar-refractivity contribution >= 4 is 17.9 Å². The molecule has 0 amide bonds. The van der Waals surface area contributed by atoms with Gasteiger partial charge in [0.15, 0.2) is 5.78 Å². The molecule has 0 aliphatic carbocycles. The molecular weight excluding hydrogens is 320 g/mol. The van der Waals surface area contributed by atoms with Crippen LogP contribution in [0.25, 0.3) is 12.2 Å². The van der Waals surface area contributed by atoms with E-state index in [2.05, 4.69) is 6.08 Å². The summed E-state index contributed by atoms with van der Waals surface area (Å²) in [5.74, 6) is 1.02. The van der Waals surface area contributed by atoms with Gasteiger partial charge in [-0.05, 0) is 23.8 Å². The molecule has 1 heterocycles. The van der Waals surface area contributed by atoms with Crippen molar-refractivity contribution in [2.24, 2.45) is 0 Å². The Hall–Kier alpha value is -3.39. The first kappa shape index (κ1) is 17.4. The molecule has 1 aliphatic rings. The number of hydrogen-bond donors (Lipinski definition) is 0. The zero-order valence-corrected chi connectivity index (χ0v) is 14.4. The zero-order chi connectivity index (χ0) is 18.0. The van der Waals surface area contributed by atoms with Crippen molar-refractivity contribution in [3.8, 4) is 5.75 Å². The van der Waals surface area contributed by atoms with Crippen LogP contribution in [0.15, 0.2) is 97.1 Å². The van der Waals surface area contributed by atoms with Gasteiger partial charge < -0.3 is 4.74 Å². The molecule has 128 valence electrons. The number of hydrogen-bond acceptors (Lipinski definition) is 2. The van der Waals surface area contributed by atoms with Gasteiger partial charge in [-0.3, -0.25) is 4.79 Å². The highest BCUT2D eigenvalue weighted by Crippen LogP contribution is 2.21. The van der Waals surface area contributed by atoms with E-state index in [4.69, 9.17) is 4.74 Å². The van der Waals surface area contributed by atoms with Gasteiger partial charge in [0.25, 0.3) is 0 Å². The molecule has 3 aromatic rings. The summed E-state index contributed by atoms with van der Waals surface area (Å²) in [5, 5.41) is 0. The number of ether oxygens (including phenoxy) is 1. The van der Waals surface area contributed by atoms with Gasteiger partial charge in [-0.15, -0.1) is 0 Å². The van der Waals surface area contributed by atoms with Crippen LogP contribution in [0.2, 0.25) is 0 Å². The van der Waals surface area contributed by atoms with Crippen molar-refractivity contribution in [2.45, 2.75) is 0 Å². The maximum atomic E-state index is 11.7. The Labute approximate surface area is 154 Å². The maximum absolute atomic E-state index is 11.7. The monoisotopic (exact) mass is 340 g/mol. The second kappa shape index (κ2) is 9.19. The smallest absolute Gasteiger partial charge is 0.185 e. The second-order valence-electron chi connectivity index (χ2n) is 5.73. The van der Waals surface area contributed by atoms with E-state index in [1.807, 2.05) is 97.1 Å². The van der Waals surface area contributed by atoms with Gasteiger partial charge in [0.1, 0.15) is 12.4 Å². The highest BCUT2D eigenvalue weighted by atomic mass is 16.5. The fourth-order valence-corrected chi connectivity index (χ4v) is 2.50. The number of fused-ring (bicyclic) bond motifs is 1. The Balaban J connectivity index is 0.000000167. The van der Waals surface area contributed by atoms with Gasteiger partial charge in [0, 0.05) is 11.1 Å². The molecule has 0 fully saturated rings. The van der Waals surface area contributed by atoms with Crippen LogP contribution in [0.4, 0.5) is 0 Å². The van der Waals surface area contributed by atoms with E-state index >= 15 is 0 Å². The molecule has 0 saturated carbocycles. The number of para-hydroxylation sites is 1. The van der Waals surface area contributed by atoms with Gasteiger partial charge in [-0.1, -0.05) is 91.0 Å². The van der Waals surface area contributed by atoms with Crippen LogP contribution in [-0.4, -0.2) is 12.4 Å². The van der Waals surface area contributed by atoms with Crippen LogP contribution in [0, 0.1) is 0 Å². The fraction of sp³-hybridized carbons (Fsp3) is 0.0417. The number of carbonyl (C=O) groups excluding carboxylic acids is 1. The molecule has 0 radical (unpaired) electrons. The topological polar surface area (TPSA) is 26.3 Å². The van der Waals surface area contributed by atoms with Gasteiger partial charge in [-0.25, -0.2) is 0 Å². The summed E-state index contributed by atoms with van der Waals surface area (Å²) in [5.41, 5.74) is 2.93. The van der Waals surface area contributed by atoms with Crippen molar-refractivity contribution in [3.05, 3.63) is 114 Å². The lowest BCUT2D eigenvalue weighted by Gasteiger charge is -2.10. The molecule has 0 spiro atoms. The molecule has 2 nitrogen and oxygen atoms in total. The van der Waals surface area contributed by atoms with Crippen LogP contribution in [-0.2, 0) is 0 Å². The van der Waals surface area contributed by atoms with E-state index in [0.717, 1.165) is 16.9 Å². The highest BCUT2D eigenvalue weighted by Gasteiger charge is 2.01. The van der Waals surface area contributed by atoms with Crippen molar-refractivity contribution in [3.63, 3.8) is 0 Å². The van der Waals surface area contributed by atoms with Crippen LogP contribution >= 0.6 is 0 Å². The van der Waals surface area contributed by atoms with E-state index in [0.29, 0.717) is 6.61 Å². The van der Waals surface area contributed by atoms with Crippen molar-refractivity contribution in [1.82, 2.24) is 0 Å². The minimum atomic E-state index is 0.0319. The molecular formula is C24H20O2. The SMILES string of the molecule is C1=Cc2ccccc2OC1.O=C(C=Cc1ccccc1)c1ccccc1. The van der Waals surface area contributed by atoms with Crippen molar-refractivity contribution in [2.75, 3.05) is 6.61 Å². The van der Waals surface area contributed by atoms with Gasteiger partial charge in [-0.2, -0.15) is 0 Å². The molecule has 0 N–H and O–H groups in total. The quantitative estimate of drug-likeness (QED) is 0.453. The summed E-state index contributed by atoms with van der Waals surface area (Å²) in [7, 11) is 0. The Morgan fingerprint density at radius 2 is 1.46 bits per heavy atom. The predicted molar refractivity (Wildman–Crippen MR) is 107 cm³/mol. The average molecular weight is 340 g/mol. The molecule has 0 saturated heterocycles. The first-order valence-corrected chi connectivity index (χ1v) is 8.54. The molecule has 0 atom stereocenters. The van der Waals surface area contributed by atoms with Gasteiger partial charge in [0.2, 0.25) is 0 Å². The normalized spacial score (nSPS) is 11.8. The summed E-state index contributed by atoms with van der Waals surface area (Å²) in [6.45, 7) is 0.705. The molecule has 26 heavy (non-hydrogen) atoms. The number of allylic oxidation sites excluding steroid dienone is 1. The Morgan fingerprint density at radius 3 is 2.19 bits per heavy atom. The molecule has 4 rings (SSSR count). The minimum Gasteiger partial charge on any atom is -0.489 e. The van der Waals surface area contributed by atoms with Crippen LogP contribution < -0.4 is 4.74 Å². The van der Waals surface area contributed by atoms with Crippen molar-refractivity contribution in [1.29, 1.82) is 0 Å². The Morgan fingerprint density at radius 1 is 0.808 bits per heavy atom. The standard InChI is InChI=1S/C15H12O.C9H8O/c16-15(14-9-5-2-6-10-14)12-11-13-7-3-1-4-8-13;1-2-6-9-8(4-1)5-3-7-10-9/h1-12H;1-6H,7H2. The van der Waals surface area contributed by atoms with Crippen molar-refractivity contribution < 1.29 is 9.53 Å². The Bertz CT molecular complexity index is 894. The first-order chi connectivity index (χ1) is 12.8. The van der Waals surface area contributed by atoms with Crippen LogP contribution in [0.5, 0.6) is 5.75 Å².